The number of likely N-dealkylation sites (tertiary alicyclic amines) is 1. The number of pyridine rings is 1. The second-order valence-corrected chi connectivity index (χ2v) is 7.52. The second kappa shape index (κ2) is 9.52. The third-order valence-electron chi connectivity index (χ3n) is 5.21. The molecule has 30 heavy (non-hydrogen) atoms. The number of ether oxygens (including phenoxy) is 1. The number of hydrogen-bond donors (Lipinski definition) is 1. The summed E-state index contributed by atoms with van der Waals surface area (Å²) in [5.74, 6) is 0.405. The molecular weight excluding hydrogens is 405 g/mol. The average molecular weight is 428 g/mol. The molecule has 0 bridgehead atoms. The van der Waals surface area contributed by atoms with E-state index in [0.29, 0.717) is 23.6 Å². The average Bonchev–Trinajstić information content (AvgIpc) is 3.28. The van der Waals surface area contributed by atoms with Crippen LogP contribution in [0.5, 0.6) is 0 Å². The van der Waals surface area contributed by atoms with Gasteiger partial charge in [0.05, 0.1) is 13.2 Å². The molecule has 0 amide bonds. The van der Waals surface area contributed by atoms with Gasteiger partial charge >= 0.3 is 12.1 Å². The molecule has 2 fully saturated rings. The molecule has 164 valence electrons. The van der Waals surface area contributed by atoms with Gasteiger partial charge in [0.2, 0.25) is 5.89 Å². The highest BCUT2D eigenvalue weighted by Crippen LogP contribution is 2.36. The normalized spacial score (nSPS) is 24.1. The zero-order chi connectivity index (χ0) is 21.7. The maximum Gasteiger partial charge on any atom is 0.490 e. The molecule has 2 aliphatic rings. The van der Waals surface area contributed by atoms with Crippen LogP contribution in [0.3, 0.4) is 0 Å². The quantitative estimate of drug-likeness (QED) is 0.792. The van der Waals surface area contributed by atoms with E-state index in [1.54, 1.807) is 0 Å². The standard InChI is InChI=1S/C17H22N4O2.C2HF3O2/c1-12-19-17(23-20-12)5-14-10-22-11-15-8-21(9-16(14)15)7-13-3-2-4-18-6-13;3-2(4,5)1(6)7/h2-4,6,14-16H,5,7-11H2,1H3;(H,6,7)/t14-,15-,16+;/m1./s1. The van der Waals surface area contributed by atoms with E-state index in [1.807, 2.05) is 25.4 Å². The first-order chi connectivity index (χ1) is 14.2. The predicted molar refractivity (Wildman–Crippen MR) is 97.2 cm³/mol. The van der Waals surface area contributed by atoms with Gasteiger partial charge in [0.25, 0.3) is 0 Å². The molecule has 0 aliphatic carbocycles. The van der Waals surface area contributed by atoms with Crippen molar-refractivity contribution in [2.75, 3.05) is 26.3 Å². The summed E-state index contributed by atoms with van der Waals surface area (Å²) in [5, 5.41) is 11.0. The van der Waals surface area contributed by atoms with Crippen molar-refractivity contribution in [3.63, 3.8) is 0 Å². The van der Waals surface area contributed by atoms with Crippen molar-refractivity contribution < 1.29 is 32.3 Å². The highest BCUT2D eigenvalue weighted by atomic mass is 19.4. The molecule has 2 aliphatic heterocycles. The van der Waals surface area contributed by atoms with Gasteiger partial charge in [0, 0.05) is 38.4 Å². The third-order valence-corrected chi connectivity index (χ3v) is 5.21. The summed E-state index contributed by atoms with van der Waals surface area (Å²) in [6.07, 6.45) is -0.483. The van der Waals surface area contributed by atoms with Crippen LogP contribution in [0.2, 0.25) is 0 Å². The van der Waals surface area contributed by atoms with Crippen molar-refractivity contribution in [1.82, 2.24) is 20.0 Å². The van der Waals surface area contributed by atoms with Gasteiger partial charge in [-0.1, -0.05) is 11.2 Å². The molecule has 0 unspecified atom stereocenters. The van der Waals surface area contributed by atoms with Crippen LogP contribution >= 0.6 is 0 Å². The van der Waals surface area contributed by atoms with E-state index in [0.717, 1.165) is 45.2 Å². The van der Waals surface area contributed by atoms with Crippen LogP contribution in [0.1, 0.15) is 17.3 Å². The van der Waals surface area contributed by atoms with Crippen molar-refractivity contribution in [3.8, 4) is 0 Å². The monoisotopic (exact) mass is 428 g/mol. The van der Waals surface area contributed by atoms with Gasteiger partial charge < -0.3 is 14.4 Å². The van der Waals surface area contributed by atoms with Crippen molar-refractivity contribution in [1.29, 1.82) is 0 Å². The highest BCUT2D eigenvalue weighted by molar-refractivity contribution is 5.73. The number of fused-ring (bicyclic) bond motifs is 1. The van der Waals surface area contributed by atoms with Crippen LogP contribution in [-0.2, 0) is 22.5 Å². The Bertz CT molecular complexity index is 831. The van der Waals surface area contributed by atoms with Gasteiger partial charge in [-0.15, -0.1) is 0 Å². The first kappa shape index (κ1) is 22.2. The van der Waals surface area contributed by atoms with E-state index in [9.17, 15) is 13.2 Å². The Morgan fingerprint density at radius 2 is 2.10 bits per heavy atom. The number of carbonyl (C=O) groups is 1. The molecule has 4 rings (SSSR count). The van der Waals surface area contributed by atoms with E-state index >= 15 is 0 Å². The smallest absolute Gasteiger partial charge is 0.475 e. The summed E-state index contributed by atoms with van der Waals surface area (Å²) in [6, 6.07) is 4.15. The molecule has 2 aromatic rings. The number of aromatic nitrogens is 3. The van der Waals surface area contributed by atoms with Crippen LogP contribution in [0.25, 0.3) is 0 Å². The lowest BCUT2D eigenvalue weighted by atomic mass is 9.81. The molecule has 0 radical (unpaired) electrons. The van der Waals surface area contributed by atoms with Crippen molar-refractivity contribution in [2.45, 2.75) is 26.1 Å². The molecule has 1 N–H and O–H groups in total. The summed E-state index contributed by atoms with van der Waals surface area (Å²) in [6.45, 7) is 6.70. The van der Waals surface area contributed by atoms with E-state index in [2.05, 4.69) is 26.1 Å². The molecule has 0 aromatic carbocycles. The Hall–Kier alpha value is -2.53. The first-order valence-corrected chi connectivity index (χ1v) is 9.50. The summed E-state index contributed by atoms with van der Waals surface area (Å²) in [7, 11) is 0. The molecule has 0 saturated carbocycles. The van der Waals surface area contributed by atoms with Crippen molar-refractivity contribution in [3.05, 3.63) is 41.8 Å². The zero-order valence-corrected chi connectivity index (χ0v) is 16.4. The zero-order valence-electron chi connectivity index (χ0n) is 16.4. The van der Waals surface area contributed by atoms with Gasteiger partial charge in [-0.2, -0.15) is 18.2 Å². The Labute approximate surface area is 171 Å². The molecule has 8 nitrogen and oxygen atoms in total. The Morgan fingerprint density at radius 1 is 1.33 bits per heavy atom. The number of carboxylic acid groups (broad SMARTS) is 1. The van der Waals surface area contributed by atoms with E-state index < -0.39 is 12.1 Å². The predicted octanol–water partition coefficient (Wildman–Crippen LogP) is 2.34. The fourth-order valence-corrected chi connectivity index (χ4v) is 3.93. The van der Waals surface area contributed by atoms with Crippen LogP contribution < -0.4 is 0 Å². The topological polar surface area (TPSA) is 102 Å². The van der Waals surface area contributed by atoms with Crippen LogP contribution in [0, 0.1) is 24.7 Å². The third kappa shape index (κ3) is 5.99. The van der Waals surface area contributed by atoms with Crippen LogP contribution in [-0.4, -0.2) is 63.6 Å². The van der Waals surface area contributed by atoms with Crippen molar-refractivity contribution in [2.24, 2.45) is 17.8 Å². The molecular formula is C19H23F3N4O4. The maximum atomic E-state index is 10.6. The molecule has 3 atom stereocenters. The van der Waals surface area contributed by atoms with Gasteiger partial charge in [0.1, 0.15) is 0 Å². The maximum absolute atomic E-state index is 10.6. The summed E-state index contributed by atoms with van der Waals surface area (Å²) in [5.41, 5.74) is 1.27. The molecule has 11 heteroatoms. The number of aliphatic carboxylic acids is 1. The van der Waals surface area contributed by atoms with Crippen molar-refractivity contribution >= 4 is 5.97 Å². The largest absolute Gasteiger partial charge is 0.490 e. The summed E-state index contributed by atoms with van der Waals surface area (Å²) in [4.78, 5) is 20.0. The lowest BCUT2D eigenvalue weighted by molar-refractivity contribution is -0.192. The minimum Gasteiger partial charge on any atom is -0.475 e. The number of carboxylic acids is 1. The molecule has 2 aromatic heterocycles. The Balaban J connectivity index is 0.000000318. The van der Waals surface area contributed by atoms with Gasteiger partial charge in [-0.05, 0) is 36.3 Å². The fraction of sp³-hybridized carbons (Fsp3) is 0.579. The van der Waals surface area contributed by atoms with Gasteiger partial charge in [-0.3, -0.25) is 9.88 Å². The van der Waals surface area contributed by atoms with Crippen LogP contribution in [0.15, 0.2) is 29.0 Å². The highest BCUT2D eigenvalue weighted by Gasteiger charge is 2.41. The number of alkyl halides is 3. The second-order valence-electron chi connectivity index (χ2n) is 7.52. The molecule has 4 heterocycles. The molecule has 0 spiro atoms. The van der Waals surface area contributed by atoms with Crippen LogP contribution in [0.4, 0.5) is 13.2 Å². The number of rotatable bonds is 4. The number of aryl methyl sites for hydroxylation is 1. The fourth-order valence-electron chi connectivity index (χ4n) is 3.93. The van der Waals surface area contributed by atoms with Gasteiger partial charge in [-0.25, -0.2) is 4.79 Å². The number of hydrogen-bond acceptors (Lipinski definition) is 7. The number of nitrogens with zero attached hydrogens (tertiary/aromatic N) is 4. The first-order valence-electron chi connectivity index (χ1n) is 9.50. The minimum atomic E-state index is -5.08. The molecule has 2 saturated heterocycles. The number of halogens is 3. The SMILES string of the molecule is Cc1noc(C[C@@H]2COC[C@H]3CN(Cc4cccnc4)C[C@@H]23)n1.O=C(O)C(F)(F)F. The van der Waals surface area contributed by atoms with Gasteiger partial charge in [0.15, 0.2) is 5.82 Å². The van der Waals surface area contributed by atoms with E-state index in [4.69, 9.17) is 19.2 Å². The Kier molecular flexibility index (Phi) is 7.03. The summed E-state index contributed by atoms with van der Waals surface area (Å²) < 4.78 is 42.9. The lowest BCUT2D eigenvalue weighted by Gasteiger charge is -2.32. The Morgan fingerprint density at radius 3 is 2.70 bits per heavy atom. The minimum absolute atomic E-state index is 0.465. The lowest BCUT2D eigenvalue weighted by Crippen LogP contribution is -2.36. The van der Waals surface area contributed by atoms with E-state index in [-0.39, 0.29) is 0 Å². The van der Waals surface area contributed by atoms with E-state index in [1.165, 1.54) is 5.56 Å². The summed E-state index contributed by atoms with van der Waals surface area (Å²) >= 11 is 0.